The summed E-state index contributed by atoms with van der Waals surface area (Å²) in [7, 11) is 0. The van der Waals surface area contributed by atoms with Gasteiger partial charge < -0.3 is 4.90 Å². The second kappa shape index (κ2) is 5.60. The fourth-order valence-electron chi connectivity index (χ4n) is 2.26. The van der Waals surface area contributed by atoms with Gasteiger partial charge in [0.15, 0.2) is 0 Å². The summed E-state index contributed by atoms with van der Waals surface area (Å²) in [6, 6.07) is 5.47. The van der Waals surface area contributed by atoms with Crippen molar-refractivity contribution in [3.63, 3.8) is 0 Å². The van der Waals surface area contributed by atoms with Crippen molar-refractivity contribution in [3.8, 4) is 0 Å². The number of fused-ring (bicyclic) bond motifs is 1. The highest BCUT2D eigenvalue weighted by atomic mass is 79.9. The largest absolute Gasteiger partial charge is 0.304 e. The molecule has 1 unspecified atom stereocenters. The van der Waals surface area contributed by atoms with E-state index in [1.54, 1.807) is 11.0 Å². The number of benzene rings is 1. The number of alkyl halides is 1. The predicted molar refractivity (Wildman–Crippen MR) is 87.6 cm³/mol. The molecule has 0 bridgehead atoms. The first-order valence-electron chi connectivity index (χ1n) is 6.48. The van der Waals surface area contributed by atoms with E-state index in [1.807, 2.05) is 12.1 Å². The fourth-order valence-corrected chi connectivity index (χ4v) is 3.97. The van der Waals surface area contributed by atoms with Crippen molar-refractivity contribution in [1.82, 2.24) is 0 Å². The van der Waals surface area contributed by atoms with Crippen molar-refractivity contribution in [2.24, 2.45) is 11.3 Å². The number of halogens is 2. The van der Waals surface area contributed by atoms with E-state index in [0.29, 0.717) is 22.3 Å². The Kier molecular flexibility index (Phi) is 4.40. The smallest absolute Gasteiger partial charge is 0.299 e. The van der Waals surface area contributed by atoms with Gasteiger partial charge in [-0.05, 0) is 39.4 Å². The van der Waals surface area contributed by atoms with E-state index in [9.17, 15) is 9.59 Å². The van der Waals surface area contributed by atoms with Gasteiger partial charge >= 0.3 is 0 Å². The van der Waals surface area contributed by atoms with Crippen LogP contribution in [0, 0.1) is 11.3 Å². The lowest BCUT2D eigenvalue weighted by molar-refractivity contribution is -0.114. The summed E-state index contributed by atoms with van der Waals surface area (Å²) in [6.45, 7) is 6.97. The Labute approximate surface area is 136 Å². The minimum atomic E-state index is -0.429. The monoisotopic (exact) mass is 401 g/mol. The Morgan fingerprint density at radius 3 is 2.45 bits per heavy atom. The van der Waals surface area contributed by atoms with Crippen LogP contribution in [0.1, 0.15) is 31.1 Å². The van der Waals surface area contributed by atoms with Crippen molar-refractivity contribution < 1.29 is 9.59 Å². The first kappa shape index (κ1) is 15.7. The normalized spacial score (nSPS) is 16.6. The van der Waals surface area contributed by atoms with Crippen LogP contribution in [0.5, 0.6) is 0 Å². The molecule has 0 aromatic heterocycles. The van der Waals surface area contributed by atoms with Gasteiger partial charge in [0.2, 0.25) is 0 Å². The maximum atomic E-state index is 12.2. The van der Waals surface area contributed by atoms with Crippen LogP contribution in [0.4, 0.5) is 5.69 Å². The summed E-state index contributed by atoms with van der Waals surface area (Å²) in [5.41, 5.74) is 1.26. The Balaban J connectivity index is 2.38. The summed E-state index contributed by atoms with van der Waals surface area (Å²) < 4.78 is 0.682. The number of hydrogen-bond acceptors (Lipinski definition) is 2. The minimum Gasteiger partial charge on any atom is -0.304 e. The van der Waals surface area contributed by atoms with Gasteiger partial charge in [-0.15, -0.1) is 0 Å². The van der Waals surface area contributed by atoms with Gasteiger partial charge in [-0.3, -0.25) is 9.59 Å². The highest BCUT2D eigenvalue weighted by molar-refractivity contribution is 9.10. The average molecular weight is 403 g/mol. The van der Waals surface area contributed by atoms with Crippen LogP contribution in [0.15, 0.2) is 22.7 Å². The molecule has 1 atom stereocenters. The first-order chi connectivity index (χ1) is 9.27. The molecule has 3 nitrogen and oxygen atoms in total. The van der Waals surface area contributed by atoms with Crippen molar-refractivity contribution >= 4 is 49.2 Å². The van der Waals surface area contributed by atoms with Crippen LogP contribution in [0.3, 0.4) is 0 Å². The van der Waals surface area contributed by atoms with Crippen LogP contribution in [0.25, 0.3) is 0 Å². The lowest BCUT2D eigenvalue weighted by atomic mass is 9.82. The van der Waals surface area contributed by atoms with Crippen molar-refractivity contribution in [2.75, 3.05) is 16.8 Å². The summed E-state index contributed by atoms with van der Waals surface area (Å²) in [6.07, 6.45) is 0. The number of Topliss-reactive ketones (excluding diaryl/α,β-unsaturated/α-hetero) is 1. The number of hydrogen-bond donors (Lipinski definition) is 0. The number of carbonyl (C=O) groups excluding carboxylic acids is 2. The third-order valence-electron chi connectivity index (χ3n) is 3.76. The number of amides is 1. The molecule has 1 aromatic rings. The van der Waals surface area contributed by atoms with Crippen LogP contribution in [-0.2, 0) is 4.79 Å². The molecule has 1 aliphatic heterocycles. The molecule has 0 N–H and O–H groups in total. The standard InChI is InChI=1S/C15H17Br2NO2/c1-15(2,3)9(7-16)8-18-11-6-4-5-10(17)12(11)13(19)14(18)20/h4-6,9H,7-8H2,1-3H3. The molecule has 5 heteroatoms. The summed E-state index contributed by atoms with van der Waals surface area (Å²) >= 11 is 6.87. The van der Waals surface area contributed by atoms with Gasteiger partial charge in [-0.1, -0.05) is 42.8 Å². The second-order valence-corrected chi connectivity index (χ2v) is 7.60. The zero-order valence-electron chi connectivity index (χ0n) is 11.7. The highest BCUT2D eigenvalue weighted by Crippen LogP contribution is 2.37. The number of anilines is 1. The summed E-state index contributed by atoms with van der Waals surface area (Å²) in [5.74, 6) is -0.582. The number of carbonyl (C=O) groups is 2. The van der Waals surface area contributed by atoms with Crippen LogP contribution in [0.2, 0.25) is 0 Å². The highest BCUT2D eigenvalue weighted by Gasteiger charge is 2.39. The molecular weight excluding hydrogens is 386 g/mol. The molecular formula is C15H17Br2NO2. The van der Waals surface area contributed by atoms with E-state index >= 15 is 0 Å². The molecule has 0 saturated carbocycles. The Morgan fingerprint density at radius 1 is 1.25 bits per heavy atom. The molecule has 1 aromatic carbocycles. The van der Waals surface area contributed by atoms with E-state index in [4.69, 9.17) is 0 Å². The van der Waals surface area contributed by atoms with E-state index in [-0.39, 0.29) is 11.3 Å². The third kappa shape index (κ3) is 2.70. The van der Waals surface area contributed by atoms with Gasteiger partial charge in [0.1, 0.15) is 0 Å². The Hall–Kier alpha value is -0.680. The molecule has 2 rings (SSSR count). The summed E-state index contributed by atoms with van der Waals surface area (Å²) in [4.78, 5) is 26.0. The number of ketones is 1. The van der Waals surface area contributed by atoms with Gasteiger partial charge in [-0.25, -0.2) is 0 Å². The Bertz CT molecular complexity index is 563. The molecule has 0 saturated heterocycles. The van der Waals surface area contributed by atoms with Crippen molar-refractivity contribution in [2.45, 2.75) is 20.8 Å². The van der Waals surface area contributed by atoms with Gasteiger partial charge in [-0.2, -0.15) is 0 Å². The SMILES string of the molecule is CC(C)(C)C(CBr)CN1C(=O)C(=O)c2c(Br)cccc21. The Morgan fingerprint density at radius 2 is 1.90 bits per heavy atom. The maximum absolute atomic E-state index is 12.2. The fraction of sp³-hybridized carbons (Fsp3) is 0.467. The first-order valence-corrected chi connectivity index (χ1v) is 8.39. The second-order valence-electron chi connectivity index (χ2n) is 6.10. The number of rotatable bonds is 3. The van der Waals surface area contributed by atoms with E-state index in [0.717, 1.165) is 5.33 Å². The van der Waals surface area contributed by atoms with Gasteiger partial charge in [0.05, 0.1) is 11.3 Å². The number of nitrogens with zero attached hydrogens (tertiary/aromatic N) is 1. The summed E-state index contributed by atoms with van der Waals surface area (Å²) in [5, 5.41) is 0.789. The molecule has 1 heterocycles. The molecule has 1 amide bonds. The lowest BCUT2D eigenvalue weighted by Crippen LogP contribution is -2.39. The predicted octanol–water partition coefficient (Wildman–Crippen LogP) is 4.04. The van der Waals surface area contributed by atoms with Gasteiger partial charge in [0.25, 0.3) is 11.7 Å². The van der Waals surface area contributed by atoms with Crippen LogP contribution >= 0.6 is 31.9 Å². The molecule has 0 radical (unpaired) electrons. The van der Waals surface area contributed by atoms with Crippen molar-refractivity contribution in [1.29, 1.82) is 0 Å². The molecule has 0 spiro atoms. The van der Waals surface area contributed by atoms with Crippen LogP contribution in [-0.4, -0.2) is 23.6 Å². The molecule has 1 aliphatic rings. The van der Waals surface area contributed by atoms with Crippen molar-refractivity contribution in [3.05, 3.63) is 28.2 Å². The molecule has 0 aliphatic carbocycles. The minimum absolute atomic E-state index is 0.0571. The van der Waals surface area contributed by atoms with E-state index < -0.39 is 11.7 Å². The topological polar surface area (TPSA) is 37.4 Å². The zero-order chi connectivity index (χ0) is 15.1. The maximum Gasteiger partial charge on any atom is 0.299 e. The quantitative estimate of drug-likeness (QED) is 0.565. The molecule has 20 heavy (non-hydrogen) atoms. The van der Waals surface area contributed by atoms with E-state index in [2.05, 4.69) is 52.6 Å². The molecule has 108 valence electrons. The van der Waals surface area contributed by atoms with Gasteiger partial charge in [0, 0.05) is 16.3 Å². The van der Waals surface area contributed by atoms with Crippen LogP contribution < -0.4 is 4.90 Å². The van der Waals surface area contributed by atoms with E-state index in [1.165, 1.54) is 0 Å². The molecule has 0 fully saturated rings. The third-order valence-corrected chi connectivity index (χ3v) is 5.21. The average Bonchev–Trinajstić information content (AvgIpc) is 2.59. The zero-order valence-corrected chi connectivity index (χ0v) is 14.9. The lowest BCUT2D eigenvalue weighted by Gasteiger charge is -2.32.